The Balaban J connectivity index is 1.83. The number of nitrogens with one attached hydrogen (secondary N) is 3. The standard InChI is InChI=1S/C16H12BrFN4O3S/c17-10-1-5-12(6-2-10)20-15(23)14-9-19-21-16(14)26(24,25)22-13-7-3-11(18)4-8-13/h1-9,22H,(H,19,21)(H,20,23). The number of nitrogens with zero attached hydrogens (tertiary/aromatic N) is 1. The van der Waals surface area contributed by atoms with E-state index in [0.717, 1.165) is 22.8 Å². The van der Waals surface area contributed by atoms with Crippen LogP contribution in [0.1, 0.15) is 10.4 Å². The summed E-state index contributed by atoms with van der Waals surface area (Å²) < 4.78 is 41.1. The second kappa shape index (κ2) is 7.26. The molecule has 1 aromatic heterocycles. The molecule has 3 aromatic rings. The van der Waals surface area contributed by atoms with E-state index in [2.05, 4.69) is 36.2 Å². The van der Waals surface area contributed by atoms with Crippen LogP contribution in [0, 0.1) is 5.82 Å². The van der Waals surface area contributed by atoms with Gasteiger partial charge in [-0.3, -0.25) is 14.6 Å². The summed E-state index contributed by atoms with van der Waals surface area (Å²) in [7, 11) is -4.12. The molecule has 134 valence electrons. The number of rotatable bonds is 5. The highest BCUT2D eigenvalue weighted by atomic mass is 79.9. The number of anilines is 2. The number of H-pyrrole nitrogens is 1. The van der Waals surface area contributed by atoms with E-state index in [1.54, 1.807) is 24.3 Å². The lowest BCUT2D eigenvalue weighted by Crippen LogP contribution is -2.19. The van der Waals surface area contributed by atoms with Crippen molar-refractivity contribution in [3.63, 3.8) is 0 Å². The van der Waals surface area contributed by atoms with Crippen LogP contribution in [0.2, 0.25) is 0 Å². The van der Waals surface area contributed by atoms with Gasteiger partial charge in [0.1, 0.15) is 5.82 Å². The van der Waals surface area contributed by atoms with Gasteiger partial charge in [-0.15, -0.1) is 0 Å². The van der Waals surface area contributed by atoms with Crippen molar-refractivity contribution < 1.29 is 17.6 Å². The van der Waals surface area contributed by atoms with Gasteiger partial charge in [-0.05, 0) is 48.5 Å². The van der Waals surface area contributed by atoms with Crippen LogP contribution in [-0.4, -0.2) is 24.5 Å². The van der Waals surface area contributed by atoms with Gasteiger partial charge >= 0.3 is 0 Å². The van der Waals surface area contributed by atoms with Crippen molar-refractivity contribution in [3.8, 4) is 0 Å². The number of aromatic nitrogens is 2. The normalized spacial score (nSPS) is 11.2. The van der Waals surface area contributed by atoms with Crippen LogP contribution in [0.25, 0.3) is 0 Å². The van der Waals surface area contributed by atoms with Crippen LogP contribution in [0.4, 0.5) is 15.8 Å². The zero-order valence-corrected chi connectivity index (χ0v) is 15.4. The van der Waals surface area contributed by atoms with Crippen LogP contribution in [0.15, 0.2) is 64.2 Å². The molecule has 0 radical (unpaired) electrons. The third-order valence-electron chi connectivity index (χ3n) is 3.32. The Morgan fingerprint density at radius 1 is 1.04 bits per heavy atom. The average molecular weight is 439 g/mol. The van der Waals surface area contributed by atoms with Crippen molar-refractivity contribution in [2.24, 2.45) is 0 Å². The summed E-state index contributed by atoms with van der Waals surface area (Å²) in [6, 6.07) is 11.6. The van der Waals surface area contributed by atoms with E-state index in [4.69, 9.17) is 0 Å². The molecule has 0 aliphatic rings. The van der Waals surface area contributed by atoms with Crippen molar-refractivity contribution in [2.45, 2.75) is 5.03 Å². The maximum atomic E-state index is 12.9. The van der Waals surface area contributed by atoms with Crippen molar-refractivity contribution in [2.75, 3.05) is 10.0 Å². The van der Waals surface area contributed by atoms with E-state index < -0.39 is 26.8 Å². The van der Waals surface area contributed by atoms with E-state index in [0.29, 0.717) is 5.69 Å². The fourth-order valence-electron chi connectivity index (χ4n) is 2.10. The predicted octanol–water partition coefficient (Wildman–Crippen LogP) is 3.36. The second-order valence-corrected chi connectivity index (χ2v) is 7.72. The predicted molar refractivity (Wildman–Crippen MR) is 97.9 cm³/mol. The Hall–Kier alpha value is -2.72. The van der Waals surface area contributed by atoms with E-state index in [1.807, 2.05) is 0 Å². The van der Waals surface area contributed by atoms with Gasteiger partial charge in [0, 0.05) is 15.8 Å². The lowest BCUT2D eigenvalue weighted by atomic mass is 10.3. The Kier molecular flexibility index (Phi) is 5.05. The van der Waals surface area contributed by atoms with Crippen molar-refractivity contribution in [3.05, 3.63) is 70.6 Å². The van der Waals surface area contributed by atoms with Crippen LogP contribution < -0.4 is 10.0 Å². The Morgan fingerprint density at radius 3 is 2.31 bits per heavy atom. The molecule has 0 bridgehead atoms. The first-order chi connectivity index (χ1) is 12.3. The van der Waals surface area contributed by atoms with Crippen molar-refractivity contribution in [1.29, 1.82) is 0 Å². The molecular formula is C16H12BrFN4O3S. The van der Waals surface area contributed by atoms with Gasteiger partial charge in [-0.1, -0.05) is 15.9 Å². The van der Waals surface area contributed by atoms with E-state index in [9.17, 15) is 17.6 Å². The molecule has 0 saturated carbocycles. The quantitative estimate of drug-likeness (QED) is 0.567. The lowest BCUT2D eigenvalue weighted by molar-refractivity contribution is 0.102. The number of aromatic amines is 1. The second-order valence-electron chi connectivity index (χ2n) is 5.19. The molecule has 2 aromatic carbocycles. The molecule has 0 fully saturated rings. The number of carbonyl (C=O) groups is 1. The molecule has 0 aliphatic heterocycles. The van der Waals surface area contributed by atoms with Crippen LogP contribution in [0.3, 0.4) is 0 Å². The van der Waals surface area contributed by atoms with Crippen LogP contribution in [-0.2, 0) is 10.0 Å². The number of sulfonamides is 1. The van der Waals surface area contributed by atoms with Gasteiger partial charge < -0.3 is 5.32 Å². The zero-order valence-electron chi connectivity index (χ0n) is 13.0. The molecule has 1 heterocycles. The molecule has 0 spiro atoms. The van der Waals surface area contributed by atoms with E-state index in [-0.39, 0.29) is 11.3 Å². The minimum atomic E-state index is -4.12. The molecule has 0 atom stereocenters. The van der Waals surface area contributed by atoms with Gasteiger partial charge in [0.05, 0.1) is 11.8 Å². The molecule has 0 saturated heterocycles. The fourth-order valence-corrected chi connectivity index (χ4v) is 3.52. The molecule has 3 N–H and O–H groups in total. The molecule has 0 aliphatic carbocycles. The maximum Gasteiger partial charge on any atom is 0.279 e. The van der Waals surface area contributed by atoms with Crippen molar-refractivity contribution >= 4 is 43.2 Å². The summed E-state index contributed by atoms with van der Waals surface area (Å²) in [5.41, 5.74) is 0.497. The van der Waals surface area contributed by atoms with Gasteiger partial charge in [-0.2, -0.15) is 13.5 Å². The summed E-state index contributed by atoms with van der Waals surface area (Å²) in [4.78, 5) is 12.4. The minimum Gasteiger partial charge on any atom is -0.322 e. The van der Waals surface area contributed by atoms with Gasteiger partial charge in [0.15, 0.2) is 5.03 Å². The van der Waals surface area contributed by atoms with Gasteiger partial charge in [-0.25, -0.2) is 4.39 Å². The smallest absolute Gasteiger partial charge is 0.279 e. The topological polar surface area (TPSA) is 104 Å². The van der Waals surface area contributed by atoms with E-state index >= 15 is 0 Å². The van der Waals surface area contributed by atoms with Crippen LogP contribution in [0.5, 0.6) is 0 Å². The Morgan fingerprint density at radius 2 is 1.65 bits per heavy atom. The first-order valence-electron chi connectivity index (χ1n) is 7.24. The lowest BCUT2D eigenvalue weighted by Gasteiger charge is -2.09. The van der Waals surface area contributed by atoms with E-state index in [1.165, 1.54) is 12.1 Å². The largest absolute Gasteiger partial charge is 0.322 e. The number of carbonyl (C=O) groups excluding carboxylic acids is 1. The highest BCUT2D eigenvalue weighted by Crippen LogP contribution is 2.20. The number of benzene rings is 2. The summed E-state index contributed by atoms with van der Waals surface area (Å²) in [6.07, 6.45) is 1.12. The number of hydrogen-bond acceptors (Lipinski definition) is 4. The van der Waals surface area contributed by atoms with Gasteiger partial charge in [0.25, 0.3) is 15.9 Å². The zero-order chi connectivity index (χ0) is 18.7. The summed E-state index contributed by atoms with van der Waals surface area (Å²) in [6.45, 7) is 0. The third-order valence-corrected chi connectivity index (χ3v) is 5.20. The molecule has 7 nitrogen and oxygen atoms in total. The molecular weight excluding hydrogens is 427 g/mol. The van der Waals surface area contributed by atoms with Crippen molar-refractivity contribution in [1.82, 2.24) is 10.2 Å². The summed E-state index contributed by atoms with van der Waals surface area (Å²) in [5, 5.41) is 8.16. The summed E-state index contributed by atoms with van der Waals surface area (Å²) in [5.74, 6) is -1.13. The molecule has 1 amide bonds. The Bertz CT molecular complexity index is 1030. The molecule has 26 heavy (non-hydrogen) atoms. The number of hydrogen-bond donors (Lipinski definition) is 3. The van der Waals surface area contributed by atoms with Gasteiger partial charge in [0.2, 0.25) is 0 Å². The molecule has 10 heteroatoms. The first kappa shape index (κ1) is 18.1. The SMILES string of the molecule is O=C(Nc1ccc(Br)cc1)c1cn[nH]c1S(=O)(=O)Nc1ccc(F)cc1. The number of amides is 1. The summed E-state index contributed by atoms with van der Waals surface area (Å²) >= 11 is 3.29. The first-order valence-corrected chi connectivity index (χ1v) is 9.51. The maximum absolute atomic E-state index is 12.9. The third kappa shape index (κ3) is 4.09. The fraction of sp³-hybridized carbons (Fsp3) is 0. The molecule has 0 unspecified atom stereocenters. The highest BCUT2D eigenvalue weighted by molar-refractivity contribution is 9.10. The minimum absolute atomic E-state index is 0.150. The Labute approximate surface area is 156 Å². The molecule has 3 rings (SSSR count). The highest BCUT2D eigenvalue weighted by Gasteiger charge is 2.25. The van der Waals surface area contributed by atoms with Crippen LogP contribution >= 0.6 is 15.9 Å². The monoisotopic (exact) mass is 438 g/mol. The number of halogens is 2. The average Bonchev–Trinajstić information content (AvgIpc) is 3.10.